The third-order valence-corrected chi connectivity index (χ3v) is 4.78. The van der Waals surface area contributed by atoms with Crippen LogP contribution < -0.4 is 0 Å². The second-order valence-corrected chi connectivity index (χ2v) is 6.76. The Morgan fingerprint density at radius 1 is 1.12 bits per heavy atom. The molecule has 0 saturated carbocycles. The predicted octanol–water partition coefficient (Wildman–Crippen LogP) is 3.44. The zero-order valence-electron chi connectivity index (χ0n) is 14.9. The first-order valence-electron chi connectivity index (χ1n) is 8.47. The van der Waals surface area contributed by atoms with Gasteiger partial charge in [0.05, 0.1) is 5.69 Å². The molecule has 0 aliphatic carbocycles. The first-order valence-corrected chi connectivity index (χ1v) is 9.69. The lowest BCUT2D eigenvalue weighted by atomic mass is 10.1. The van der Waals surface area contributed by atoms with Crippen molar-refractivity contribution in [2.45, 2.75) is 24.8 Å². The molecular formula is C19H21N5OS. The fraction of sp³-hybridized carbons (Fsp3) is 0.263. The van der Waals surface area contributed by atoms with Crippen LogP contribution in [0.3, 0.4) is 0 Å². The number of benzene rings is 2. The summed E-state index contributed by atoms with van der Waals surface area (Å²) in [6.45, 7) is 3.41. The van der Waals surface area contributed by atoms with E-state index in [2.05, 4.69) is 53.0 Å². The zero-order valence-corrected chi connectivity index (χ0v) is 15.7. The van der Waals surface area contributed by atoms with Gasteiger partial charge in [0, 0.05) is 23.5 Å². The summed E-state index contributed by atoms with van der Waals surface area (Å²) in [6, 6.07) is 15.7. The number of aromatic nitrogens is 4. The van der Waals surface area contributed by atoms with Crippen molar-refractivity contribution in [3.8, 4) is 5.69 Å². The van der Waals surface area contributed by atoms with Crippen molar-refractivity contribution < 1.29 is 4.79 Å². The van der Waals surface area contributed by atoms with Gasteiger partial charge < -0.3 is 4.90 Å². The van der Waals surface area contributed by atoms with Gasteiger partial charge in [0.2, 0.25) is 0 Å². The molecule has 3 rings (SSSR count). The first-order chi connectivity index (χ1) is 12.7. The molecule has 0 radical (unpaired) electrons. The highest BCUT2D eigenvalue weighted by atomic mass is 32.2. The summed E-state index contributed by atoms with van der Waals surface area (Å²) in [7, 11) is 0. The van der Waals surface area contributed by atoms with Gasteiger partial charge in [0.1, 0.15) is 6.33 Å². The number of rotatable bonds is 7. The number of carbonyl (C=O) groups is 1. The van der Waals surface area contributed by atoms with Crippen molar-refractivity contribution in [1.29, 1.82) is 0 Å². The number of thioether (sulfide) groups is 1. The third-order valence-electron chi connectivity index (χ3n) is 4.04. The van der Waals surface area contributed by atoms with Crippen LogP contribution in [0.5, 0.6) is 0 Å². The molecule has 0 bridgehead atoms. The predicted molar refractivity (Wildman–Crippen MR) is 102 cm³/mol. The average Bonchev–Trinajstić information content (AvgIpc) is 3.22. The molecule has 1 amide bonds. The van der Waals surface area contributed by atoms with Crippen LogP contribution >= 0.6 is 11.8 Å². The molecule has 0 fully saturated rings. The Bertz CT molecular complexity index is 831. The molecule has 7 heteroatoms. The van der Waals surface area contributed by atoms with E-state index in [1.807, 2.05) is 29.2 Å². The van der Waals surface area contributed by atoms with Crippen LogP contribution in [0.15, 0.2) is 59.8 Å². The maximum atomic E-state index is 12.9. The number of hydrogen-bond donors (Lipinski definition) is 0. The lowest BCUT2D eigenvalue weighted by Gasteiger charge is -2.22. The number of amides is 1. The maximum absolute atomic E-state index is 12.9. The average molecular weight is 367 g/mol. The smallest absolute Gasteiger partial charge is 0.254 e. The van der Waals surface area contributed by atoms with Gasteiger partial charge in [-0.25, -0.2) is 4.68 Å². The van der Waals surface area contributed by atoms with Crippen LogP contribution in [-0.4, -0.2) is 43.8 Å². The normalized spacial score (nSPS) is 10.7. The Morgan fingerprint density at radius 2 is 1.85 bits per heavy atom. The minimum Gasteiger partial charge on any atom is -0.334 e. The van der Waals surface area contributed by atoms with Crippen LogP contribution in [0.2, 0.25) is 0 Å². The second-order valence-electron chi connectivity index (χ2n) is 5.88. The molecule has 0 unspecified atom stereocenters. The maximum Gasteiger partial charge on any atom is 0.254 e. The summed E-state index contributed by atoms with van der Waals surface area (Å²) in [5.41, 5.74) is 2.62. The van der Waals surface area contributed by atoms with E-state index in [-0.39, 0.29) is 5.91 Å². The molecule has 0 N–H and O–H groups in total. The van der Waals surface area contributed by atoms with E-state index in [0.717, 1.165) is 24.2 Å². The molecule has 0 atom stereocenters. The van der Waals surface area contributed by atoms with Crippen molar-refractivity contribution in [1.82, 2.24) is 25.1 Å². The largest absolute Gasteiger partial charge is 0.334 e. The molecule has 0 aliphatic rings. The summed E-state index contributed by atoms with van der Waals surface area (Å²) in [4.78, 5) is 16.0. The molecule has 1 heterocycles. The highest BCUT2D eigenvalue weighted by Gasteiger charge is 2.15. The van der Waals surface area contributed by atoms with Gasteiger partial charge in [-0.05, 0) is 65.1 Å². The van der Waals surface area contributed by atoms with E-state index < -0.39 is 0 Å². The molecule has 3 aromatic rings. The van der Waals surface area contributed by atoms with E-state index in [0.29, 0.717) is 12.1 Å². The monoisotopic (exact) mass is 367 g/mol. The molecule has 6 nitrogen and oxygen atoms in total. The fourth-order valence-electron chi connectivity index (χ4n) is 2.69. The number of carbonyl (C=O) groups excluding carboxylic acids is 1. The molecular weight excluding hydrogens is 346 g/mol. The third kappa shape index (κ3) is 4.29. The van der Waals surface area contributed by atoms with Crippen LogP contribution in [-0.2, 0) is 6.54 Å². The van der Waals surface area contributed by atoms with Crippen LogP contribution in [0.1, 0.15) is 29.3 Å². The Morgan fingerprint density at radius 3 is 2.42 bits per heavy atom. The van der Waals surface area contributed by atoms with Crippen molar-refractivity contribution in [3.05, 3.63) is 66.0 Å². The van der Waals surface area contributed by atoms with Crippen molar-refractivity contribution in [2.24, 2.45) is 0 Å². The van der Waals surface area contributed by atoms with Crippen molar-refractivity contribution >= 4 is 17.7 Å². The molecule has 0 spiro atoms. The van der Waals surface area contributed by atoms with Gasteiger partial charge in [-0.3, -0.25) is 4.79 Å². The van der Waals surface area contributed by atoms with Gasteiger partial charge in [0.25, 0.3) is 5.91 Å². The lowest BCUT2D eigenvalue weighted by Crippen LogP contribution is -2.31. The van der Waals surface area contributed by atoms with Gasteiger partial charge in [-0.1, -0.05) is 19.1 Å². The summed E-state index contributed by atoms with van der Waals surface area (Å²) in [6.07, 6.45) is 4.50. The summed E-state index contributed by atoms with van der Waals surface area (Å²) >= 11 is 1.71. The zero-order chi connectivity index (χ0) is 18.4. The van der Waals surface area contributed by atoms with Crippen LogP contribution in [0, 0.1) is 0 Å². The Kier molecular flexibility index (Phi) is 6.01. The van der Waals surface area contributed by atoms with Crippen molar-refractivity contribution in [3.63, 3.8) is 0 Å². The number of hydrogen-bond acceptors (Lipinski definition) is 5. The lowest BCUT2D eigenvalue weighted by molar-refractivity contribution is 0.0743. The molecule has 2 aromatic carbocycles. The van der Waals surface area contributed by atoms with E-state index in [1.54, 1.807) is 16.4 Å². The Hall–Kier alpha value is -2.67. The first kappa shape index (κ1) is 18.1. The van der Waals surface area contributed by atoms with Gasteiger partial charge in [-0.2, -0.15) is 0 Å². The Labute approximate surface area is 157 Å². The van der Waals surface area contributed by atoms with E-state index in [9.17, 15) is 4.79 Å². The fourth-order valence-corrected chi connectivity index (χ4v) is 3.10. The molecule has 0 aliphatic heterocycles. The minimum absolute atomic E-state index is 0.0315. The highest BCUT2D eigenvalue weighted by molar-refractivity contribution is 7.98. The quantitative estimate of drug-likeness (QED) is 0.599. The van der Waals surface area contributed by atoms with Crippen LogP contribution in [0.25, 0.3) is 5.69 Å². The SMILES string of the molecule is CCCN(Cc1ccc(SC)cc1)C(=O)c1ccc(-n2cnnn2)cc1. The van der Waals surface area contributed by atoms with E-state index in [4.69, 9.17) is 0 Å². The van der Waals surface area contributed by atoms with Gasteiger partial charge in [-0.15, -0.1) is 16.9 Å². The number of tetrazole rings is 1. The summed E-state index contributed by atoms with van der Waals surface area (Å²) in [5, 5.41) is 11.1. The molecule has 0 saturated heterocycles. The summed E-state index contributed by atoms with van der Waals surface area (Å²) in [5.74, 6) is 0.0315. The van der Waals surface area contributed by atoms with Gasteiger partial charge in [0.15, 0.2) is 0 Å². The highest BCUT2D eigenvalue weighted by Crippen LogP contribution is 2.17. The molecule has 26 heavy (non-hydrogen) atoms. The molecule has 134 valence electrons. The minimum atomic E-state index is 0.0315. The van der Waals surface area contributed by atoms with Crippen molar-refractivity contribution in [2.75, 3.05) is 12.8 Å². The van der Waals surface area contributed by atoms with E-state index in [1.165, 1.54) is 11.2 Å². The van der Waals surface area contributed by atoms with E-state index >= 15 is 0 Å². The van der Waals surface area contributed by atoms with Gasteiger partial charge >= 0.3 is 0 Å². The standard InChI is InChI=1S/C19H21N5OS/c1-3-12-23(13-15-4-10-18(26-2)11-5-15)19(25)16-6-8-17(9-7-16)24-14-20-21-22-24/h4-11,14H,3,12-13H2,1-2H3. The van der Waals surface area contributed by atoms with Crippen LogP contribution in [0.4, 0.5) is 0 Å². The molecule has 1 aromatic heterocycles. The topological polar surface area (TPSA) is 63.9 Å². The summed E-state index contributed by atoms with van der Waals surface area (Å²) < 4.78 is 1.56. The Balaban J connectivity index is 1.75. The number of nitrogens with zero attached hydrogens (tertiary/aromatic N) is 5. The second kappa shape index (κ2) is 8.62.